The van der Waals surface area contributed by atoms with Crippen LogP contribution in [0.4, 0.5) is 0 Å². The highest BCUT2D eigenvalue weighted by atomic mass is 32.1. The summed E-state index contributed by atoms with van der Waals surface area (Å²) in [6.07, 6.45) is 8.38. The molecule has 1 aliphatic carbocycles. The number of nitrogens with one attached hydrogen (secondary N) is 2. The molecule has 1 saturated heterocycles. The Hall–Kier alpha value is -0.380. The molecule has 2 N–H and O–H groups in total. The molecule has 1 aromatic rings. The number of rotatable bonds is 4. The van der Waals surface area contributed by atoms with Crippen molar-refractivity contribution in [3.8, 4) is 0 Å². The van der Waals surface area contributed by atoms with Gasteiger partial charge in [0.1, 0.15) is 0 Å². The molecular weight excluding hydrogens is 240 g/mol. The van der Waals surface area contributed by atoms with Gasteiger partial charge in [0.15, 0.2) is 0 Å². The van der Waals surface area contributed by atoms with Crippen LogP contribution in [0.3, 0.4) is 0 Å². The highest BCUT2D eigenvalue weighted by molar-refractivity contribution is 7.07. The second-order valence-electron chi connectivity index (χ2n) is 5.77. The molecule has 2 heterocycles. The number of hydrogen-bond acceptors (Lipinski definition) is 3. The molecule has 2 fully saturated rings. The van der Waals surface area contributed by atoms with Gasteiger partial charge >= 0.3 is 0 Å². The summed E-state index contributed by atoms with van der Waals surface area (Å²) in [4.78, 5) is 0. The van der Waals surface area contributed by atoms with Gasteiger partial charge in [-0.1, -0.05) is 12.8 Å². The van der Waals surface area contributed by atoms with Gasteiger partial charge in [0, 0.05) is 18.6 Å². The van der Waals surface area contributed by atoms with Gasteiger partial charge in [-0.25, -0.2) is 0 Å². The summed E-state index contributed by atoms with van der Waals surface area (Å²) in [7, 11) is 0. The Morgan fingerprint density at radius 3 is 2.94 bits per heavy atom. The van der Waals surface area contributed by atoms with Crippen LogP contribution in [0, 0.1) is 5.92 Å². The lowest BCUT2D eigenvalue weighted by Gasteiger charge is -2.36. The molecule has 0 bridgehead atoms. The van der Waals surface area contributed by atoms with E-state index < -0.39 is 0 Å². The van der Waals surface area contributed by atoms with Crippen molar-refractivity contribution in [2.75, 3.05) is 6.54 Å². The zero-order valence-electron chi connectivity index (χ0n) is 11.0. The maximum atomic E-state index is 3.82. The third-order valence-corrected chi connectivity index (χ3v) is 5.32. The average molecular weight is 264 g/mol. The Balaban J connectivity index is 1.57. The van der Waals surface area contributed by atoms with E-state index in [1.54, 1.807) is 11.3 Å². The van der Waals surface area contributed by atoms with E-state index in [1.807, 2.05) is 0 Å². The molecule has 2 aliphatic rings. The molecule has 3 rings (SSSR count). The molecule has 3 heteroatoms. The van der Waals surface area contributed by atoms with Gasteiger partial charge in [-0.3, -0.25) is 0 Å². The second-order valence-corrected chi connectivity index (χ2v) is 6.55. The molecule has 100 valence electrons. The van der Waals surface area contributed by atoms with Crippen LogP contribution in [0.1, 0.15) is 44.1 Å². The third kappa shape index (κ3) is 2.95. The Labute approximate surface area is 114 Å². The first-order valence-corrected chi connectivity index (χ1v) is 8.35. The molecule has 3 atom stereocenters. The van der Waals surface area contributed by atoms with Crippen molar-refractivity contribution in [3.63, 3.8) is 0 Å². The smallest absolute Gasteiger partial charge is 0.0216 e. The first-order valence-electron chi connectivity index (χ1n) is 7.41. The fourth-order valence-corrected chi connectivity index (χ4v) is 4.28. The standard InChI is InChI=1S/C15H24N2S/c1-2-5-15(17-10-12-7-9-18-11-12)13(4-1)14-6-3-8-16-14/h7,9,11,13-17H,1-6,8,10H2. The SMILES string of the molecule is c1cc(CNC2CCCCC2C2CCCN2)cs1. The highest BCUT2D eigenvalue weighted by Gasteiger charge is 2.32. The van der Waals surface area contributed by atoms with E-state index in [0.717, 1.165) is 24.5 Å². The lowest BCUT2D eigenvalue weighted by Crippen LogP contribution is -2.46. The summed E-state index contributed by atoms with van der Waals surface area (Å²) >= 11 is 1.80. The maximum Gasteiger partial charge on any atom is 0.0216 e. The van der Waals surface area contributed by atoms with E-state index in [4.69, 9.17) is 0 Å². The molecule has 3 unspecified atom stereocenters. The van der Waals surface area contributed by atoms with Crippen LogP contribution in [-0.2, 0) is 6.54 Å². The van der Waals surface area contributed by atoms with E-state index in [0.29, 0.717) is 0 Å². The van der Waals surface area contributed by atoms with Gasteiger partial charge in [-0.2, -0.15) is 11.3 Å². The fraction of sp³-hybridized carbons (Fsp3) is 0.733. The first-order chi connectivity index (χ1) is 8.93. The topological polar surface area (TPSA) is 24.1 Å². The average Bonchev–Trinajstić information content (AvgIpc) is 3.10. The Morgan fingerprint density at radius 1 is 1.22 bits per heavy atom. The van der Waals surface area contributed by atoms with Gasteiger partial charge in [-0.05, 0) is 60.5 Å². The lowest BCUT2D eigenvalue weighted by atomic mass is 9.79. The summed E-state index contributed by atoms with van der Waals surface area (Å²) in [6, 6.07) is 3.75. The van der Waals surface area contributed by atoms with E-state index >= 15 is 0 Å². The summed E-state index contributed by atoms with van der Waals surface area (Å²) in [5.74, 6) is 0.861. The molecule has 18 heavy (non-hydrogen) atoms. The van der Waals surface area contributed by atoms with Crippen molar-refractivity contribution in [2.45, 2.75) is 57.2 Å². The third-order valence-electron chi connectivity index (χ3n) is 4.58. The van der Waals surface area contributed by atoms with Crippen LogP contribution < -0.4 is 10.6 Å². The molecule has 0 spiro atoms. The largest absolute Gasteiger partial charge is 0.314 e. The predicted octanol–water partition coefficient (Wildman–Crippen LogP) is 3.15. The molecule has 1 aromatic heterocycles. The molecule has 0 aromatic carbocycles. The minimum Gasteiger partial charge on any atom is -0.314 e. The molecule has 0 amide bonds. The van der Waals surface area contributed by atoms with Crippen molar-refractivity contribution in [1.29, 1.82) is 0 Å². The first kappa shape index (κ1) is 12.6. The second kappa shape index (κ2) is 6.18. The summed E-state index contributed by atoms with van der Waals surface area (Å²) in [6.45, 7) is 2.29. The minimum absolute atomic E-state index is 0.731. The minimum atomic E-state index is 0.731. The lowest BCUT2D eigenvalue weighted by molar-refractivity contribution is 0.213. The van der Waals surface area contributed by atoms with E-state index in [-0.39, 0.29) is 0 Å². The van der Waals surface area contributed by atoms with Gasteiger partial charge in [-0.15, -0.1) is 0 Å². The number of hydrogen-bond donors (Lipinski definition) is 2. The van der Waals surface area contributed by atoms with Gasteiger partial charge in [0.05, 0.1) is 0 Å². The van der Waals surface area contributed by atoms with Crippen LogP contribution in [0.25, 0.3) is 0 Å². The fourth-order valence-electron chi connectivity index (χ4n) is 3.61. The molecule has 1 aliphatic heterocycles. The van der Waals surface area contributed by atoms with E-state index in [9.17, 15) is 0 Å². The van der Waals surface area contributed by atoms with Crippen molar-refractivity contribution < 1.29 is 0 Å². The maximum absolute atomic E-state index is 3.82. The van der Waals surface area contributed by atoms with E-state index in [2.05, 4.69) is 27.5 Å². The quantitative estimate of drug-likeness (QED) is 0.873. The van der Waals surface area contributed by atoms with Crippen molar-refractivity contribution in [2.24, 2.45) is 5.92 Å². The predicted molar refractivity (Wildman–Crippen MR) is 77.9 cm³/mol. The van der Waals surface area contributed by atoms with Gasteiger partial charge in [0.25, 0.3) is 0 Å². The highest BCUT2D eigenvalue weighted by Crippen LogP contribution is 2.30. The Bertz CT molecular complexity index is 343. The summed E-state index contributed by atoms with van der Waals surface area (Å²) in [5, 5.41) is 12.0. The van der Waals surface area contributed by atoms with Crippen molar-refractivity contribution >= 4 is 11.3 Å². The van der Waals surface area contributed by atoms with Crippen molar-refractivity contribution in [1.82, 2.24) is 10.6 Å². The summed E-state index contributed by atoms with van der Waals surface area (Å²) < 4.78 is 0. The zero-order chi connectivity index (χ0) is 12.2. The van der Waals surface area contributed by atoms with Crippen LogP contribution in [0.15, 0.2) is 16.8 Å². The molecule has 0 radical (unpaired) electrons. The van der Waals surface area contributed by atoms with Gasteiger partial charge in [0.2, 0.25) is 0 Å². The Morgan fingerprint density at radius 2 is 2.17 bits per heavy atom. The zero-order valence-corrected chi connectivity index (χ0v) is 11.8. The Kier molecular flexibility index (Phi) is 4.34. The molecule has 1 saturated carbocycles. The normalized spacial score (nSPS) is 32.8. The van der Waals surface area contributed by atoms with Crippen molar-refractivity contribution in [3.05, 3.63) is 22.4 Å². The number of thiophene rings is 1. The van der Waals surface area contributed by atoms with Crippen LogP contribution in [0.5, 0.6) is 0 Å². The molecule has 2 nitrogen and oxygen atoms in total. The van der Waals surface area contributed by atoms with Crippen LogP contribution in [-0.4, -0.2) is 18.6 Å². The summed E-state index contributed by atoms with van der Waals surface area (Å²) in [5.41, 5.74) is 1.45. The molecular formula is C15H24N2S. The van der Waals surface area contributed by atoms with Gasteiger partial charge < -0.3 is 10.6 Å². The monoisotopic (exact) mass is 264 g/mol. The van der Waals surface area contributed by atoms with Crippen LogP contribution in [0.2, 0.25) is 0 Å². The van der Waals surface area contributed by atoms with E-state index in [1.165, 1.54) is 50.6 Å². The van der Waals surface area contributed by atoms with Crippen LogP contribution >= 0.6 is 11.3 Å².